The van der Waals surface area contributed by atoms with Crippen molar-refractivity contribution in [1.29, 1.82) is 0 Å². The van der Waals surface area contributed by atoms with Crippen molar-refractivity contribution in [2.45, 2.75) is 65.0 Å². The Hall–Kier alpha value is -1.09. The lowest BCUT2D eigenvalue weighted by molar-refractivity contribution is 0.130. The fourth-order valence-electron chi connectivity index (χ4n) is 2.70. The Bertz CT molecular complexity index is 398. The van der Waals surface area contributed by atoms with E-state index in [9.17, 15) is 0 Å². The van der Waals surface area contributed by atoms with E-state index in [1.54, 1.807) is 0 Å². The van der Waals surface area contributed by atoms with Gasteiger partial charge in [0.2, 0.25) is 5.88 Å². The molecule has 0 unspecified atom stereocenters. The maximum Gasteiger partial charge on any atom is 0.214 e. The zero-order valence-corrected chi connectivity index (χ0v) is 12.2. The highest BCUT2D eigenvalue weighted by atomic mass is 16.5. The van der Waals surface area contributed by atoms with Gasteiger partial charge in [-0.3, -0.25) is 0 Å². The molecule has 1 heterocycles. The van der Waals surface area contributed by atoms with Gasteiger partial charge in [0.15, 0.2) is 0 Å². The van der Waals surface area contributed by atoms with Crippen molar-refractivity contribution in [3.05, 3.63) is 23.4 Å². The number of nitrogens with two attached hydrogens (primary N) is 1. The van der Waals surface area contributed by atoms with Crippen LogP contribution >= 0.6 is 0 Å². The predicted molar refractivity (Wildman–Crippen MR) is 78.2 cm³/mol. The van der Waals surface area contributed by atoms with Gasteiger partial charge in [0.05, 0.1) is 0 Å². The highest BCUT2D eigenvalue weighted by Gasteiger charge is 2.20. The van der Waals surface area contributed by atoms with E-state index in [0.29, 0.717) is 12.6 Å². The molecule has 3 nitrogen and oxygen atoms in total. The Morgan fingerprint density at radius 2 is 2.00 bits per heavy atom. The van der Waals surface area contributed by atoms with Crippen LogP contribution in [-0.4, -0.2) is 11.1 Å². The standard InChI is InChI=1S/C16H26N2O/c1-3-4-14-9-13(11-17)10-16(18-14)19-15-7-5-12(2)6-8-15/h9-10,12,15H,3-8,11,17H2,1-2H3. The van der Waals surface area contributed by atoms with E-state index in [2.05, 4.69) is 24.9 Å². The number of pyridine rings is 1. The molecule has 0 radical (unpaired) electrons. The molecule has 0 amide bonds. The zero-order valence-electron chi connectivity index (χ0n) is 12.2. The Balaban J connectivity index is 2.04. The fraction of sp³-hybridized carbons (Fsp3) is 0.688. The quantitative estimate of drug-likeness (QED) is 0.884. The maximum absolute atomic E-state index is 6.07. The van der Waals surface area contributed by atoms with Crippen molar-refractivity contribution in [2.24, 2.45) is 11.7 Å². The van der Waals surface area contributed by atoms with Gasteiger partial charge in [0, 0.05) is 18.3 Å². The first-order valence-electron chi connectivity index (χ1n) is 7.57. The summed E-state index contributed by atoms with van der Waals surface area (Å²) in [5.74, 6) is 1.62. The van der Waals surface area contributed by atoms with E-state index in [0.717, 1.165) is 48.7 Å². The first kappa shape index (κ1) is 14.3. The van der Waals surface area contributed by atoms with Crippen molar-refractivity contribution >= 4 is 0 Å². The van der Waals surface area contributed by atoms with E-state index in [1.807, 2.05) is 6.07 Å². The number of hydrogen-bond donors (Lipinski definition) is 1. The van der Waals surface area contributed by atoms with Gasteiger partial charge in [-0.1, -0.05) is 20.3 Å². The van der Waals surface area contributed by atoms with Crippen LogP contribution in [0.5, 0.6) is 5.88 Å². The Morgan fingerprint density at radius 3 is 2.63 bits per heavy atom. The van der Waals surface area contributed by atoms with Crippen LogP contribution in [0, 0.1) is 5.92 Å². The molecule has 1 aliphatic rings. The lowest BCUT2D eigenvalue weighted by atomic mass is 9.89. The fourth-order valence-corrected chi connectivity index (χ4v) is 2.70. The Kier molecular flexibility index (Phi) is 5.20. The average Bonchev–Trinajstić information content (AvgIpc) is 2.41. The molecule has 2 rings (SSSR count). The molecule has 3 heteroatoms. The second kappa shape index (κ2) is 6.90. The summed E-state index contributed by atoms with van der Waals surface area (Å²) in [6.45, 7) is 5.04. The molecule has 2 N–H and O–H groups in total. The van der Waals surface area contributed by atoms with E-state index in [1.165, 1.54) is 12.8 Å². The van der Waals surface area contributed by atoms with E-state index >= 15 is 0 Å². The molecule has 0 aliphatic heterocycles. The summed E-state index contributed by atoms with van der Waals surface area (Å²) >= 11 is 0. The average molecular weight is 262 g/mol. The van der Waals surface area contributed by atoms with Gasteiger partial charge in [-0.15, -0.1) is 0 Å². The topological polar surface area (TPSA) is 48.1 Å². The van der Waals surface area contributed by atoms with Crippen LogP contribution < -0.4 is 10.5 Å². The predicted octanol–water partition coefficient (Wildman–Crippen LogP) is 3.45. The zero-order chi connectivity index (χ0) is 13.7. The van der Waals surface area contributed by atoms with Crippen LogP contribution in [0.15, 0.2) is 12.1 Å². The third kappa shape index (κ3) is 4.20. The summed E-state index contributed by atoms with van der Waals surface area (Å²) in [6, 6.07) is 4.09. The van der Waals surface area contributed by atoms with Gasteiger partial charge >= 0.3 is 0 Å². The summed E-state index contributed by atoms with van der Waals surface area (Å²) in [7, 11) is 0. The molecule has 1 aromatic rings. The van der Waals surface area contributed by atoms with Gasteiger partial charge in [0.1, 0.15) is 6.10 Å². The largest absolute Gasteiger partial charge is 0.474 e. The van der Waals surface area contributed by atoms with Crippen LogP contribution in [0.1, 0.15) is 57.2 Å². The van der Waals surface area contributed by atoms with Gasteiger partial charge in [0.25, 0.3) is 0 Å². The molecule has 0 saturated heterocycles. The van der Waals surface area contributed by atoms with Gasteiger partial charge in [-0.05, 0) is 49.7 Å². The normalized spacial score (nSPS) is 23.3. The molecule has 1 fully saturated rings. The minimum atomic E-state index is 0.339. The third-order valence-corrected chi connectivity index (χ3v) is 3.91. The second-order valence-corrected chi connectivity index (χ2v) is 5.76. The molecule has 0 bridgehead atoms. The number of nitrogens with zero attached hydrogens (tertiary/aromatic N) is 1. The first-order valence-corrected chi connectivity index (χ1v) is 7.57. The van der Waals surface area contributed by atoms with Crippen LogP contribution in [0.3, 0.4) is 0 Å². The monoisotopic (exact) mass is 262 g/mol. The molecular weight excluding hydrogens is 236 g/mol. The minimum Gasteiger partial charge on any atom is -0.474 e. The SMILES string of the molecule is CCCc1cc(CN)cc(OC2CCC(C)CC2)n1. The molecule has 1 aromatic heterocycles. The van der Waals surface area contributed by atoms with Gasteiger partial charge in [-0.2, -0.15) is 0 Å². The summed E-state index contributed by atoms with van der Waals surface area (Å²) in [4.78, 5) is 4.61. The van der Waals surface area contributed by atoms with E-state index in [4.69, 9.17) is 10.5 Å². The van der Waals surface area contributed by atoms with E-state index < -0.39 is 0 Å². The van der Waals surface area contributed by atoms with Crippen LogP contribution in [0.25, 0.3) is 0 Å². The molecule has 0 spiro atoms. The third-order valence-electron chi connectivity index (χ3n) is 3.91. The van der Waals surface area contributed by atoms with Crippen LogP contribution in [0.2, 0.25) is 0 Å². The Morgan fingerprint density at radius 1 is 1.26 bits per heavy atom. The lowest BCUT2D eigenvalue weighted by Gasteiger charge is -2.26. The second-order valence-electron chi connectivity index (χ2n) is 5.76. The lowest BCUT2D eigenvalue weighted by Crippen LogP contribution is -2.23. The molecule has 1 saturated carbocycles. The molecule has 0 atom stereocenters. The molecule has 0 aromatic carbocycles. The van der Waals surface area contributed by atoms with Gasteiger partial charge in [-0.25, -0.2) is 4.98 Å². The van der Waals surface area contributed by atoms with Crippen molar-refractivity contribution in [3.8, 4) is 5.88 Å². The van der Waals surface area contributed by atoms with Crippen LogP contribution in [0.4, 0.5) is 0 Å². The summed E-state index contributed by atoms with van der Waals surface area (Å²) in [6.07, 6.45) is 7.27. The first-order chi connectivity index (χ1) is 9.21. The maximum atomic E-state index is 6.07. The minimum absolute atomic E-state index is 0.339. The highest BCUT2D eigenvalue weighted by molar-refractivity contribution is 5.25. The summed E-state index contributed by atoms with van der Waals surface area (Å²) < 4.78 is 6.07. The number of rotatable bonds is 5. The van der Waals surface area contributed by atoms with Crippen molar-refractivity contribution < 1.29 is 4.74 Å². The van der Waals surface area contributed by atoms with Crippen molar-refractivity contribution in [2.75, 3.05) is 0 Å². The smallest absolute Gasteiger partial charge is 0.214 e. The van der Waals surface area contributed by atoms with E-state index in [-0.39, 0.29) is 0 Å². The van der Waals surface area contributed by atoms with Crippen LogP contribution in [-0.2, 0) is 13.0 Å². The number of ether oxygens (including phenoxy) is 1. The molecule has 19 heavy (non-hydrogen) atoms. The van der Waals surface area contributed by atoms with Crippen molar-refractivity contribution in [3.63, 3.8) is 0 Å². The highest BCUT2D eigenvalue weighted by Crippen LogP contribution is 2.27. The van der Waals surface area contributed by atoms with Crippen molar-refractivity contribution in [1.82, 2.24) is 4.98 Å². The Labute approximate surface area is 116 Å². The number of aromatic nitrogens is 1. The number of hydrogen-bond acceptors (Lipinski definition) is 3. The molecule has 1 aliphatic carbocycles. The molecule has 106 valence electrons. The summed E-state index contributed by atoms with van der Waals surface area (Å²) in [5.41, 5.74) is 7.98. The number of aryl methyl sites for hydroxylation is 1. The molecular formula is C16H26N2O. The van der Waals surface area contributed by atoms with Gasteiger partial charge < -0.3 is 10.5 Å². The summed E-state index contributed by atoms with van der Waals surface area (Å²) in [5, 5.41) is 0.